The highest BCUT2D eigenvalue weighted by Gasteiger charge is 2.63. The summed E-state index contributed by atoms with van der Waals surface area (Å²) in [4.78, 5) is 0. The summed E-state index contributed by atoms with van der Waals surface area (Å²) in [5.41, 5.74) is 3.04. The van der Waals surface area contributed by atoms with Crippen LogP contribution in [0.5, 0.6) is 0 Å². The van der Waals surface area contributed by atoms with Gasteiger partial charge in [-0.25, -0.2) is 0 Å². The largest absolute Gasteiger partial charge is 0.337 e. The van der Waals surface area contributed by atoms with Gasteiger partial charge in [0.2, 0.25) is 0 Å². The van der Waals surface area contributed by atoms with Gasteiger partial charge >= 0.3 is 0 Å². The van der Waals surface area contributed by atoms with Crippen LogP contribution < -0.4 is 0 Å². The monoisotopic (exact) mass is 541 g/mol. The van der Waals surface area contributed by atoms with Crippen LogP contribution in [-0.2, 0) is 0 Å². The van der Waals surface area contributed by atoms with Gasteiger partial charge in [0, 0.05) is 27.7 Å². The van der Waals surface area contributed by atoms with E-state index in [2.05, 4.69) is 65.2 Å². The Morgan fingerprint density at radius 2 is 0.976 bits per heavy atom. The van der Waals surface area contributed by atoms with Crippen molar-refractivity contribution in [3.05, 3.63) is 60.7 Å². The lowest BCUT2D eigenvalue weighted by atomic mass is 9.37. The topological polar surface area (TPSA) is 4.93 Å². The molecule has 0 saturated heterocycles. The van der Waals surface area contributed by atoms with E-state index in [1.165, 1.54) is 71.1 Å². The average Bonchev–Trinajstić information content (AvgIpc) is 3.39. The summed E-state index contributed by atoms with van der Waals surface area (Å²) < 4.78 is 2.93. The number of fused-ring (bicyclic) bond motifs is 11. The first-order valence-corrected chi connectivity index (χ1v) is 17.8. The minimum atomic E-state index is 0.649. The van der Waals surface area contributed by atoms with E-state index in [0.29, 0.717) is 6.04 Å². The number of benzene rings is 3. The molecule has 0 bridgehead atoms. The SMILES string of the molecule is c1ccc2c(c1)ccc1c3ccccc3n(C3CC4C5CCCCC5C5CCCC6C7CCCCC7C(C3)C4C56)c21. The highest BCUT2D eigenvalue weighted by molar-refractivity contribution is 6.17. The van der Waals surface area contributed by atoms with Crippen LogP contribution in [0.25, 0.3) is 32.6 Å². The summed E-state index contributed by atoms with van der Waals surface area (Å²) in [6.45, 7) is 0. The Morgan fingerprint density at radius 3 is 1.66 bits per heavy atom. The lowest BCUT2D eigenvalue weighted by molar-refractivity contribution is -0.192. The number of aromatic nitrogens is 1. The summed E-state index contributed by atoms with van der Waals surface area (Å²) in [6.07, 6.45) is 19.9. The van der Waals surface area contributed by atoms with Crippen molar-refractivity contribution in [1.29, 1.82) is 0 Å². The molecular weight excluding hydrogens is 494 g/mol. The standard InChI is InChI=1S/C40H47N/c1-2-11-26-24(10-1)20-21-34-31-16-7-8-19-37(31)41(40(26)34)25-22-35-29-14-5-3-12-27(29)32-17-9-18-33-28-13-4-6-15-30(28)36(23-25)39(35)38(32)33/h1-2,7-8,10-11,16,19-21,25,27-30,32-33,35-36,38-39H,3-6,9,12-15,17-18,22-23H2. The predicted molar refractivity (Wildman–Crippen MR) is 171 cm³/mol. The van der Waals surface area contributed by atoms with Crippen LogP contribution in [-0.4, -0.2) is 4.57 Å². The first-order valence-electron chi connectivity index (χ1n) is 17.8. The summed E-state index contributed by atoms with van der Waals surface area (Å²) in [7, 11) is 0. The van der Waals surface area contributed by atoms with E-state index in [1.807, 2.05) is 0 Å². The predicted octanol–water partition coefficient (Wildman–Crippen LogP) is 10.8. The van der Waals surface area contributed by atoms with E-state index in [4.69, 9.17) is 0 Å². The molecule has 8 unspecified atom stereocenters. The van der Waals surface area contributed by atoms with E-state index in [0.717, 1.165) is 59.2 Å². The fourth-order valence-corrected chi connectivity index (χ4v) is 13.6. The number of hydrogen-bond acceptors (Lipinski definition) is 0. The van der Waals surface area contributed by atoms with E-state index in [9.17, 15) is 0 Å². The maximum Gasteiger partial charge on any atom is 0.0573 e. The minimum absolute atomic E-state index is 0.649. The first-order chi connectivity index (χ1) is 20.4. The molecular formula is C40H47N. The molecule has 10 rings (SSSR count). The quantitative estimate of drug-likeness (QED) is 0.226. The van der Waals surface area contributed by atoms with Gasteiger partial charge in [-0.2, -0.15) is 0 Å². The van der Waals surface area contributed by atoms with Gasteiger partial charge in [0.05, 0.1) is 5.52 Å². The van der Waals surface area contributed by atoms with Crippen molar-refractivity contribution < 1.29 is 0 Å². The van der Waals surface area contributed by atoms with E-state index in [-0.39, 0.29) is 0 Å². The van der Waals surface area contributed by atoms with Crippen LogP contribution in [0.15, 0.2) is 60.7 Å². The van der Waals surface area contributed by atoms with Crippen molar-refractivity contribution in [2.75, 3.05) is 0 Å². The molecule has 4 aromatic rings. The molecule has 0 radical (unpaired) electrons. The van der Waals surface area contributed by atoms with Crippen LogP contribution in [0.2, 0.25) is 0 Å². The Labute approximate surface area is 246 Å². The van der Waals surface area contributed by atoms with Crippen molar-refractivity contribution in [2.24, 2.45) is 59.2 Å². The Balaban J connectivity index is 1.18. The average molecular weight is 542 g/mol. The van der Waals surface area contributed by atoms with Crippen molar-refractivity contribution in [1.82, 2.24) is 4.57 Å². The fourth-order valence-electron chi connectivity index (χ4n) is 13.6. The lowest BCUT2D eigenvalue weighted by Crippen LogP contribution is -2.62. The molecule has 41 heavy (non-hydrogen) atoms. The maximum absolute atomic E-state index is 2.93. The molecule has 6 fully saturated rings. The van der Waals surface area contributed by atoms with E-state index >= 15 is 0 Å². The highest BCUT2D eigenvalue weighted by atomic mass is 15.0. The number of rotatable bonds is 1. The van der Waals surface area contributed by atoms with Gasteiger partial charge in [-0.3, -0.25) is 0 Å². The van der Waals surface area contributed by atoms with Gasteiger partial charge < -0.3 is 4.57 Å². The molecule has 212 valence electrons. The molecule has 6 aliphatic carbocycles. The Hall–Kier alpha value is -2.28. The molecule has 6 aliphatic rings. The summed E-state index contributed by atoms with van der Waals surface area (Å²) in [5.74, 6) is 10.4. The molecule has 0 N–H and O–H groups in total. The normalized spacial score (nSPS) is 41.6. The summed E-state index contributed by atoms with van der Waals surface area (Å²) >= 11 is 0. The molecule has 1 nitrogen and oxygen atoms in total. The van der Waals surface area contributed by atoms with E-state index < -0.39 is 0 Å². The first kappa shape index (κ1) is 24.2. The Bertz CT molecular complexity index is 1580. The Morgan fingerprint density at radius 1 is 0.439 bits per heavy atom. The summed E-state index contributed by atoms with van der Waals surface area (Å²) in [5, 5.41) is 5.82. The van der Waals surface area contributed by atoms with Gasteiger partial charge in [0.15, 0.2) is 0 Å². The zero-order chi connectivity index (χ0) is 26.7. The maximum atomic E-state index is 2.93. The summed E-state index contributed by atoms with van der Waals surface area (Å²) in [6, 6.07) is 24.1. The van der Waals surface area contributed by atoms with Gasteiger partial charge in [-0.05, 0) is 122 Å². The van der Waals surface area contributed by atoms with Crippen LogP contribution in [0.4, 0.5) is 0 Å². The third-order valence-corrected chi connectivity index (χ3v) is 14.5. The molecule has 6 saturated carbocycles. The van der Waals surface area contributed by atoms with Crippen LogP contribution >= 0.6 is 0 Å². The van der Waals surface area contributed by atoms with Crippen LogP contribution in [0.1, 0.15) is 89.5 Å². The minimum Gasteiger partial charge on any atom is -0.337 e. The van der Waals surface area contributed by atoms with Crippen molar-refractivity contribution >= 4 is 32.6 Å². The van der Waals surface area contributed by atoms with Crippen molar-refractivity contribution in [2.45, 2.75) is 89.5 Å². The third kappa shape index (κ3) is 3.30. The molecule has 0 amide bonds. The Kier molecular flexibility index (Phi) is 5.38. The second kappa shape index (κ2) is 9.11. The number of nitrogens with zero attached hydrogens (tertiary/aromatic N) is 1. The molecule has 3 aromatic carbocycles. The zero-order valence-electron chi connectivity index (χ0n) is 24.8. The van der Waals surface area contributed by atoms with Gasteiger partial charge in [-0.15, -0.1) is 0 Å². The van der Waals surface area contributed by atoms with Gasteiger partial charge in [-0.1, -0.05) is 86.7 Å². The molecule has 0 aliphatic heterocycles. The number of para-hydroxylation sites is 1. The van der Waals surface area contributed by atoms with Crippen LogP contribution in [0, 0.1) is 59.2 Å². The molecule has 1 aromatic heterocycles. The van der Waals surface area contributed by atoms with Gasteiger partial charge in [0.25, 0.3) is 0 Å². The second-order valence-corrected chi connectivity index (χ2v) is 15.7. The van der Waals surface area contributed by atoms with Crippen molar-refractivity contribution in [3.8, 4) is 0 Å². The van der Waals surface area contributed by atoms with Gasteiger partial charge in [0.1, 0.15) is 0 Å². The molecule has 8 atom stereocenters. The third-order valence-electron chi connectivity index (χ3n) is 14.5. The smallest absolute Gasteiger partial charge is 0.0573 e. The highest BCUT2D eigenvalue weighted by Crippen LogP contribution is 2.70. The van der Waals surface area contributed by atoms with Crippen LogP contribution in [0.3, 0.4) is 0 Å². The van der Waals surface area contributed by atoms with E-state index in [1.54, 1.807) is 44.9 Å². The molecule has 1 heterocycles. The van der Waals surface area contributed by atoms with Crippen molar-refractivity contribution in [3.63, 3.8) is 0 Å². The zero-order valence-corrected chi connectivity index (χ0v) is 24.8. The molecule has 1 heteroatoms. The fraction of sp³-hybridized carbons (Fsp3) is 0.600. The lowest BCUT2D eigenvalue weighted by Gasteiger charge is -2.68. The second-order valence-electron chi connectivity index (χ2n) is 15.7. The number of hydrogen-bond donors (Lipinski definition) is 0. The molecule has 0 spiro atoms.